The van der Waals surface area contributed by atoms with Crippen molar-refractivity contribution in [2.75, 3.05) is 25.6 Å². The average Bonchev–Trinajstić information content (AvgIpc) is 2.82. The predicted octanol–water partition coefficient (Wildman–Crippen LogP) is 5.76. The quantitative estimate of drug-likeness (QED) is 0.520. The number of nitrogens with zero attached hydrogens (tertiary/aromatic N) is 3. The molecule has 0 bridgehead atoms. The van der Waals surface area contributed by atoms with Crippen LogP contribution in [-0.4, -0.2) is 42.5 Å². The highest BCUT2D eigenvalue weighted by atomic mass is 19.4. The molecule has 0 saturated heterocycles. The second-order valence-corrected chi connectivity index (χ2v) is 7.78. The number of fused-ring (bicyclic) bond motifs is 1. The third kappa shape index (κ3) is 5.40. The highest BCUT2D eigenvalue weighted by molar-refractivity contribution is 5.80. The molecule has 1 aromatic heterocycles. The minimum Gasteiger partial charge on any atom is -0.383 e. The van der Waals surface area contributed by atoms with Crippen LogP contribution >= 0.6 is 0 Å². The fourth-order valence-electron chi connectivity index (χ4n) is 3.76. The first-order valence-electron chi connectivity index (χ1n) is 10.5. The van der Waals surface area contributed by atoms with E-state index in [0.717, 1.165) is 18.2 Å². The van der Waals surface area contributed by atoms with E-state index < -0.39 is 29.5 Å². The van der Waals surface area contributed by atoms with Crippen molar-refractivity contribution >= 4 is 17.6 Å². The van der Waals surface area contributed by atoms with E-state index in [-0.39, 0.29) is 5.69 Å². The third-order valence-electron chi connectivity index (χ3n) is 5.48. The van der Waals surface area contributed by atoms with Crippen molar-refractivity contribution in [3.8, 4) is 0 Å². The number of benzene rings is 1. The molecule has 1 N–H and O–H groups in total. The summed E-state index contributed by atoms with van der Waals surface area (Å²) in [6, 6.07) is 6.20. The van der Waals surface area contributed by atoms with Crippen molar-refractivity contribution in [3.63, 3.8) is 0 Å². The molecule has 0 amide bonds. The van der Waals surface area contributed by atoms with E-state index >= 15 is 0 Å². The fraction of sp³-hybridized carbons (Fsp3) is 0.250. The summed E-state index contributed by atoms with van der Waals surface area (Å²) < 4.78 is 84.4. The summed E-state index contributed by atoms with van der Waals surface area (Å²) in [7, 11) is 1.53. The fourth-order valence-corrected chi connectivity index (χ4v) is 3.76. The van der Waals surface area contributed by atoms with E-state index in [1.165, 1.54) is 43.9 Å². The molecule has 1 aliphatic carbocycles. The smallest absolute Gasteiger partial charge is 0.383 e. The van der Waals surface area contributed by atoms with Crippen LogP contribution in [0.25, 0.3) is 5.57 Å². The second kappa shape index (κ2) is 9.57. The van der Waals surface area contributed by atoms with E-state index in [2.05, 4.69) is 15.3 Å². The van der Waals surface area contributed by atoms with Gasteiger partial charge in [-0.1, -0.05) is 12.2 Å². The highest BCUT2D eigenvalue weighted by Gasteiger charge is 2.36. The summed E-state index contributed by atoms with van der Waals surface area (Å²) in [6.07, 6.45) is -1.39. The Labute approximate surface area is 197 Å². The molecular formula is C24H20F6N4O. The Kier molecular flexibility index (Phi) is 6.70. The number of pyridine rings is 1. The van der Waals surface area contributed by atoms with Crippen LogP contribution in [0.15, 0.2) is 77.2 Å². The summed E-state index contributed by atoms with van der Waals surface area (Å²) in [5.74, 6) is 0.368. The van der Waals surface area contributed by atoms with Crippen molar-refractivity contribution in [2.24, 2.45) is 4.99 Å². The van der Waals surface area contributed by atoms with Crippen molar-refractivity contribution in [1.29, 1.82) is 0 Å². The number of anilines is 1. The molecule has 1 aromatic carbocycles. The van der Waals surface area contributed by atoms with Gasteiger partial charge < -0.3 is 15.0 Å². The Morgan fingerprint density at radius 3 is 2.40 bits per heavy atom. The first kappa shape index (κ1) is 24.5. The minimum absolute atomic E-state index is 0.193. The first-order valence-corrected chi connectivity index (χ1v) is 10.5. The molecule has 2 aromatic rings. The van der Waals surface area contributed by atoms with E-state index in [4.69, 9.17) is 4.74 Å². The molecule has 2 aliphatic rings. The number of aromatic nitrogens is 1. The number of hydrogen-bond acceptors (Lipinski definition) is 5. The van der Waals surface area contributed by atoms with E-state index in [9.17, 15) is 26.3 Å². The molecule has 184 valence electrons. The predicted molar refractivity (Wildman–Crippen MR) is 119 cm³/mol. The van der Waals surface area contributed by atoms with Gasteiger partial charge in [-0.25, -0.2) is 4.99 Å². The van der Waals surface area contributed by atoms with Gasteiger partial charge in [0, 0.05) is 31.1 Å². The molecule has 35 heavy (non-hydrogen) atoms. The summed E-state index contributed by atoms with van der Waals surface area (Å²) in [6.45, 7) is 0.759. The number of rotatable bonds is 6. The number of alkyl halides is 6. The molecule has 0 saturated carbocycles. The molecule has 2 heterocycles. The largest absolute Gasteiger partial charge is 0.418 e. The lowest BCUT2D eigenvalue weighted by molar-refractivity contribution is -0.138. The SMILES string of the molecule is COCCN1C=NC(Nc2ccc(C(F)(F)F)cc2)=C2C=CC(c3ncccc3C(F)(F)F)=CC21. The summed E-state index contributed by atoms with van der Waals surface area (Å²) in [4.78, 5) is 10.2. The molecule has 1 atom stereocenters. The van der Waals surface area contributed by atoms with Crippen LogP contribution in [0.5, 0.6) is 0 Å². The first-order chi connectivity index (χ1) is 16.6. The van der Waals surface area contributed by atoms with E-state index in [1.54, 1.807) is 17.1 Å². The van der Waals surface area contributed by atoms with Gasteiger partial charge in [0.15, 0.2) is 0 Å². The molecule has 5 nitrogen and oxygen atoms in total. The molecule has 1 aliphatic heterocycles. The maximum atomic E-state index is 13.6. The molecule has 0 radical (unpaired) electrons. The summed E-state index contributed by atoms with van der Waals surface area (Å²) in [5.41, 5.74) is -0.512. The molecule has 0 spiro atoms. The maximum absolute atomic E-state index is 13.6. The van der Waals surface area contributed by atoms with Gasteiger partial charge in [0.25, 0.3) is 0 Å². The molecule has 11 heteroatoms. The van der Waals surface area contributed by atoms with Crippen LogP contribution in [0.2, 0.25) is 0 Å². The van der Waals surface area contributed by atoms with Crippen molar-refractivity contribution in [1.82, 2.24) is 9.88 Å². The van der Waals surface area contributed by atoms with Crippen LogP contribution in [0.3, 0.4) is 0 Å². The number of halogens is 6. The molecule has 1 unspecified atom stereocenters. The topological polar surface area (TPSA) is 49.8 Å². The van der Waals surface area contributed by atoms with Gasteiger partial charge in [-0.05, 0) is 48.0 Å². The van der Waals surface area contributed by atoms with Crippen LogP contribution in [0.4, 0.5) is 32.0 Å². The Balaban J connectivity index is 1.69. The monoisotopic (exact) mass is 494 g/mol. The van der Waals surface area contributed by atoms with Gasteiger partial charge in [-0.15, -0.1) is 0 Å². The van der Waals surface area contributed by atoms with Crippen LogP contribution in [0.1, 0.15) is 16.8 Å². The lowest BCUT2D eigenvalue weighted by Crippen LogP contribution is -2.40. The van der Waals surface area contributed by atoms with Crippen LogP contribution in [-0.2, 0) is 17.1 Å². The summed E-state index contributed by atoms with van der Waals surface area (Å²) >= 11 is 0. The standard InChI is InChI=1S/C24H20F6N4O/c1-35-12-11-34-14-32-22(33-17-7-5-16(6-8-17)23(25,26)27)18-9-4-15(13-20(18)34)21-19(24(28,29)30)3-2-10-31-21/h2-10,13-14,20,33H,11-12H2,1H3. The van der Waals surface area contributed by atoms with Gasteiger partial charge in [0.1, 0.15) is 5.82 Å². The van der Waals surface area contributed by atoms with Gasteiger partial charge in [-0.2, -0.15) is 26.3 Å². The number of methoxy groups -OCH3 is 1. The zero-order valence-electron chi connectivity index (χ0n) is 18.4. The number of allylic oxidation sites excluding steroid dienone is 2. The zero-order chi connectivity index (χ0) is 25.2. The number of aliphatic imine (C=N–C) groups is 1. The third-order valence-corrected chi connectivity index (χ3v) is 5.48. The van der Waals surface area contributed by atoms with Gasteiger partial charge in [0.2, 0.25) is 0 Å². The Morgan fingerprint density at radius 2 is 1.74 bits per heavy atom. The molecular weight excluding hydrogens is 474 g/mol. The summed E-state index contributed by atoms with van der Waals surface area (Å²) in [5, 5.41) is 3.01. The van der Waals surface area contributed by atoms with Crippen molar-refractivity contribution < 1.29 is 31.1 Å². The van der Waals surface area contributed by atoms with Gasteiger partial charge in [0.05, 0.1) is 35.8 Å². The van der Waals surface area contributed by atoms with Gasteiger partial charge >= 0.3 is 12.4 Å². The number of ether oxygens (including phenoxy) is 1. The maximum Gasteiger partial charge on any atom is 0.418 e. The van der Waals surface area contributed by atoms with Crippen molar-refractivity contribution in [2.45, 2.75) is 18.4 Å². The average molecular weight is 494 g/mol. The molecule has 0 fully saturated rings. The normalized spacial score (nSPS) is 18.0. The van der Waals surface area contributed by atoms with Gasteiger partial charge in [-0.3, -0.25) is 4.98 Å². The van der Waals surface area contributed by atoms with Crippen molar-refractivity contribution in [3.05, 3.63) is 89.0 Å². The van der Waals surface area contributed by atoms with E-state index in [1.807, 2.05) is 0 Å². The molecule has 4 rings (SSSR count). The Hall–Kier alpha value is -3.60. The Bertz CT molecular complexity index is 1200. The number of hydrogen-bond donors (Lipinski definition) is 1. The van der Waals surface area contributed by atoms with E-state index in [0.29, 0.717) is 35.8 Å². The van der Waals surface area contributed by atoms with Crippen LogP contribution in [0, 0.1) is 0 Å². The Morgan fingerprint density at radius 1 is 1.00 bits per heavy atom. The second-order valence-electron chi connectivity index (χ2n) is 7.78. The zero-order valence-corrected chi connectivity index (χ0v) is 18.4. The minimum atomic E-state index is -4.58. The number of nitrogens with one attached hydrogen (secondary N) is 1. The highest BCUT2D eigenvalue weighted by Crippen LogP contribution is 2.37. The van der Waals surface area contributed by atoms with Crippen LogP contribution < -0.4 is 5.32 Å². The lowest BCUT2D eigenvalue weighted by atomic mass is 9.92. The lowest BCUT2D eigenvalue weighted by Gasteiger charge is -2.35.